The molecule has 0 aromatic heterocycles. The largest absolute Gasteiger partial charge is 0.279 e. The number of sulfonamides is 1. The molecule has 0 saturated carbocycles. The Kier molecular flexibility index (Phi) is 4.98. The SMILES string of the molecule is CC(C)=NN([C@@H]1CCS(=O)(=O)C1)S(=O)(=O)c1ccc(Br)cc1. The fourth-order valence-electron chi connectivity index (χ4n) is 2.19. The lowest BCUT2D eigenvalue weighted by Gasteiger charge is -2.25. The summed E-state index contributed by atoms with van der Waals surface area (Å²) >= 11 is 3.26. The second kappa shape index (κ2) is 6.29. The van der Waals surface area contributed by atoms with Crippen molar-refractivity contribution in [3.63, 3.8) is 0 Å². The number of sulfone groups is 1. The van der Waals surface area contributed by atoms with Gasteiger partial charge in [-0.25, -0.2) is 8.42 Å². The molecule has 0 aliphatic carbocycles. The summed E-state index contributed by atoms with van der Waals surface area (Å²) in [6.45, 7) is 3.35. The van der Waals surface area contributed by atoms with Gasteiger partial charge < -0.3 is 0 Å². The Morgan fingerprint density at radius 3 is 2.32 bits per heavy atom. The maximum absolute atomic E-state index is 12.8. The molecular formula is C13H17BrN2O4S2. The maximum atomic E-state index is 12.8. The Bertz CT molecular complexity index is 782. The third-order valence-corrected chi connectivity index (χ3v) is 7.20. The predicted molar refractivity (Wildman–Crippen MR) is 89.0 cm³/mol. The third-order valence-electron chi connectivity index (χ3n) is 3.18. The Hall–Kier alpha value is -0.930. The maximum Gasteiger partial charge on any atom is 0.279 e. The highest BCUT2D eigenvalue weighted by atomic mass is 79.9. The molecule has 1 aliphatic rings. The second-order valence-electron chi connectivity index (χ2n) is 5.34. The number of nitrogens with zero attached hydrogens (tertiary/aromatic N) is 2. The lowest BCUT2D eigenvalue weighted by Crippen LogP contribution is -2.37. The first kappa shape index (κ1) is 17.4. The number of benzene rings is 1. The minimum absolute atomic E-state index is 0.0116. The molecule has 0 N–H and O–H groups in total. The fourth-order valence-corrected chi connectivity index (χ4v) is 5.78. The molecule has 0 unspecified atom stereocenters. The number of hydrogen-bond acceptors (Lipinski definition) is 5. The molecule has 122 valence electrons. The van der Waals surface area contributed by atoms with E-state index in [9.17, 15) is 16.8 Å². The van der Waals surface area contributed by atoms with Gasteiger partial charge in [-0.15, -0.1) is 0 Å². The highest BCUT2D eigenvalue weighted by Crippen LogP contribution is 2.26. The summed E-state index contributed by atoms with van der Waals surface area (Å²) in [5, 5.41) is 4.08. The predicted octanol–water partition coefficient (Wildman–Crippen LogP) is 2.02. The molecular weight excluding hydrogens is 392 g/mol. The van der Waals surface area contributed by atoms with Gasteiger partial charge in [0, 0.05) is 10.2 Å². The Morgan fingerprint density at radius 1 is 1.27 bits per heavy atom. The summed E-state index contributed by atoms with van der Waals surface area (Å²) < 4.78 is 50.6. The van der Waals surface area contributed by atoms with Gasteiger partial charge in [0.1, 0.15) is 0 Å². The number of halogens is 1. The van der Waals surface area contributed by atoms with Gasteiger partial charge in [0.05, 0.1) is 22.4 Å². The molecule has 6 nitrogen and oxygen atoms in total. The molecule has 1 heterocycles. The van der Waals surface area contributed by atoms with E-state index in [2.05, 4.69) is 21.0 Å². The standard InChI is InChI=1S/C13H17BrN2O4S2/c1-10(2)15-16(12-7-8-21(17,18)9-12)22(19,20)13-5-3-11(14)4-6-13/h3-6,12H,7-9H2,1-2H3/t12-/m1/s1. The normalized spacial score (nSPS) is 20.6. The lowest BCUT2D eigenvalue weighted by atomic mass is 10.3. The van der Waals surface area contributed by atoms with E-state index in [1.54, 1.807) is 26.0 Å². The van der Waals surface area contributed by atoms with E-state index in [-0.39, 0.29) is 22.8 Å². The van der Waals surface area contributed by atoms with Crippen LogP contribution in [0.3, 0.4) is 0 Å². The van der Waals surface area contributed by atoms with Crippen molar-refractivity contribution >= 4 is 41.5 Å². The number of hydrogen-bond donors (Lipinski definition) is 0. The molecule has 1 fully saturated rings. The summed E-state index contributed by atoms with van der Waals surface area (Å²) in [6.07, 6.45) is 0.259. The summed E-state index contributed by atoms with van der Waals surface area (Å²) in [5.74, 6) is -0.207. The smallest absolute Gasteiger partial charge is 0.229 e. The molecule has 2 rings (SSSR count). The van der Waals surface area contributed by atoms with Crippen LogP contribution in [0, 0.1) is 0 Å². The van der Waals surface area contributed by atoms with Gasteiger partial charge in [0.2, 0.25) is 0 Å². The van der Waals surface area contributed by atoms with Crippen LogP contribution in [0.1, 0.15) is 20.3 Å². The second-order valence-corrected chi connectivity index (χ2v) is 10.3. The van der Waals surface area contributed by atoms with E-state index in [1.165, 1.54) is 12.1 Å². The van der Waals surface area contributed by atoms with Crippen molar-refractivity contribution in [3.8, 4) is 0 Å². The van der Waals surface area contributed by atoms with Crippen LogP contribution in [0.25, 0.3) is 0 Å². The molecule has 22 heavy (non-hydrogen) atoms. The number of rotatable bonds is 4. The van der Waals surface area contributed by atoms with Gasteiger partial charge in [0.15, 0.2) is 9.84 Å². The zero-order valence-electron chi connectivity index (χ0n) is 12.2. The molecule has 1 atom stereocenters. The summed E-state index contributed by atoms with van der Waals surface area (Å²) in [5.41, 5.74) is 0.546. The third kappa shape index (κ3) is 3.88. The average molecular weight is 409 g/mol. The molecule has 1 saturated heterocycles. The van der Waals surface area contributed by atoms with Crippen molar-refractivity contribution in [2.24, 2.45) is 5.10 Å². The van der Waals surface area contributed by atoms with Crippen LogP contribution in [0.2, 0.25) is 0 Å². The molecule has 0 spiro atoms. The van der Waals surface area contributed by atoms with Crippen LogP contribution in [0.4, 0.5) is 0 Å². The van der Waals surface area contributed by atoms with Crippen molar-refractivity contribution < 1.29 is 16.8 Å². The van der Waals surface area contributed by atoms with E-state index in [1.807, 2.05) is 0 Å². The quantitative estimate of drug-likeness (QED) is 0.563. The van der Waals surface area contributed by atoms with E-state index in [0.717, 1.165) is 8.89 Å². The van der Waals surface area contributed by atoms with Crippen molar-refractivity contribution in [1.82, 2.24) is 4.41 Å². The van der Waals surface area contributed by atoms with Gasteiger partial charge in [0.25, 0.3) is 10.0 Å². The molecule has 1 aliphatic heterocycles. The van der Waals surface area contributed by atoms with Crippen LogP contribution in [0.5, 0.6) is 0 Å². The first-order valence-corrected chi connectivity index (χ1v) is 10.7. The fraction of sp³-hybridized carbons (Fsp3) is 0.462. The first-order chi connectivity index (χ1) is 10.1. The summed E-state index contributed by atoms with van der Waals surface area (Å²) in [7, 11) is -7.09. The van der Waals surface area contributed by atoms with Gasteiger partial charge in [-0.2, -0.15) is 17.9 Å². The van der Waals surface area contributed by atoms with E-state index < -0.39 is 25.9 Å². The van der Waals surface area contributed by atoms with E-state index in [0.29, 0.717) is 5.71 Å². The van der Waals surface area contributed by atoms with Crippen LogP contribution < -0.4 is 0 Å². The van der Waals surface area contributed by atoms with Crippen LogP contribution >= 0.6 is 15.9 Å². The van der Waals surface area contributed by atoms with Crippen molar-refractivity contribution in [3.05, 3.63) is 28.7 Å². The van der Waals surface area contributed by atoms with Crippen molar-refractivity contribution in [2.75, 3.05) is 11.5 Å². The zero-order valence-corrected chi connectivity index (χ0v) is 15.4. The Morgan fingerprint density at radius 2 is 1.86 bits per heavy atom. The average Bonchev–Trinajstić information content (AvgIpc) is 2.76. The van der Waals surface area contributed by atoms with Crippen molar-refractivity contribution in [1.29, 1.82) is 0 Å². The lowest BCUT2D eigenvalue weighted by molar-refractivity contribution is 0.355. The first-order valence-electron chi connectivity index (χ1n) is 6.64. The van der Waals surface area contributed by atoms with Gasteiger partial charge in [-0.05, 0) is 44.5 Å². The van der Waals surface area contributed by atoms with E-state index >= 15 is 0 Å². The molecule has 0 amide bonds. The highest BCUT2D eigenvalue weighted by molar-refractivity contribution is 9.10. The monoisotopic (exact) mass is 408 g/mol. The van der Waals surface area contributed by atoms with Crippen LogP contribution in [-0.2, 0) is 19.9 Å². The van der Waals surface area contributed by atoms with Gasteiger partial charge >= 0.3 is 0 Å². The summed E-state index contributed by atoms with van der Waals surface area (Å²) in [6, 6.07) is 5.53. The molecule has 0 radical (unpaired) electrons. The minimum atomic E-state index is -3.89. The Balaban J connectivity index is 2.45. The van der Waals surface area contributed by atoms with Crippen molar-refractivity contribution in [2.45, 2.75) is 31.2 Å². The molecule has 9 heteroatoms. The van der Waals surface area contributed by atoms with Crippen LogP contribution in [0.15, 0.2) is 38.7 Å². The van der Waals surface area contributed by atoms with E-state index in [4.69, 9.17) is 0 Å². The zero-order chi connectivity index (χ0) is 16.5. The number of hydrazone groups is 1. The molecule has 0 bridgehead atoms. The minimum Gasteiger partial charge on any atom is -0.229 e. The molecule has 1 aromatic rings. The van der Waals surface area contributed by atoms with Gasteiger partial charge in [-0.3, -0.25) is 0 Å². The summed E-state index contributed by atoms with van der Waals surface area (Å²) in [4.78, 5) is 0.0880. The Labute approximate surface area is 139 Å². The van der Waals surface area contributed by atoms with Crippen LogP contribution in [-0.4, -0.2) is 44.5 Å². The molecule has 1 aromatic carbocycles. The topological polar surface area (TPSA) is 83.9 Å². The highest BCUT2D eigenvalue weighted by Gasteiger charge is 2.38. The van der Waals surface area contributed by atoms with Gasteiger partial charge in [-0.1, -0.05) is 15.9 Å².